The highest BCUT2D eigenvalue weighted by Crippen LogP contribution is 2.34. The molecular weight excluding hydrogens is 455 g/mol. The molecule has 5 rings (SSSR count). The van der Waals surface area contributed by atoms with Crippen LogP contribution in [0.25, 0.3) is 11.2 Å². The number of hydrogen-bond donors (Lipinski definition) is 0. The van der Waals surface area contributed by atoms with E-state index in [9.17, 15) is 0 Å². The van der Waals surface area contributed by atoms with E-state index in [-0.39, 0.29) is 6.04 Å². The minimum Gasteiger partial charge on any atom is -0.352 e. The maximum absolute atomic E-state index is 6.51. The number of hydrogen-bond acceptors (Lipinski definition) is 5. The molecule has 0 N–H and O–H groups in total. The second-order valence-corrected chi connectivity index (χ2v) is 10.6. The first-order chi connectivity index (χ1) is 15.8. The van der Waals surface area contributed by atoms with E-state index in [1.165, 1.54) is 25.9 Å². The molecule has 0 radical (unpaired) electrons. The number of anilines is 1. The minimum absolute atomic E-state index is 0.0900. The lowest BCUT2D eigenvalue weighted by Gasteiger charge is -2.45. The first-order valence-corrected chi connectivity index (χ1v) is 12.8. The monoisotopic (exact) mass is 486 g/mol. The third kappa shape index (κ3) is 4.22. The van der Waals surface area contributed by atoms with Crippen molar-refractivity contribution in [3.63, 3.8) is 0 Å². The van der Waals surface area contributed by atoms with Gasteiger partial charge in [-0.15, -0.1) is 0 Å². The number of rotatable bonds is 4. The first-order valence-electron chi connectivity index (χ1n) is 12.0. The van der Waals surface area contributed by atoms with Crippen molar-refractivity contribution in [2.24, 2.45) is 5.92 Å². The molecule has 2 aliphatic rings. The van der Waals surface area contributed by atoms with Crippen LogP contribution in [0.2, 0.25) is 10.0 Å². The Hall–Kier alpha value is -1.89. The van der Waals surface area contributed by atoms with Crippen LogP contribution in [0, 0.1) is 12.8 Å². The fourth-order valence-corrected chi connectivity index (χ4v) is 6.21. The van der Waals surface area contributed by atoms with Crippen molar-refractivity contribution in [2.45, 2.75) is 65.1 Å². The van der Waals surface area contributed by atoms with Gasteiger partial charge in [-0.25, -0.2) is 14.6 Å². The zero-order valence-electron chi connectivity index (χ0n) is 19.8. The number of aromatic nitrogens is 4. The predicted molar refractivity (Wildman–Crippen MR) is 136 cm³/mol. The van der Waals surface area contributed by atoms with Crippen molar-refractivity contribution in [3.05, 3.63) is 45.7 Å². The molecule has 2 aliphatic heterocycles. The number of likely N-dealkylation sites (tertiary alicyclic amines) is 1. The summed E-state index contributed by atoms with van der Waals surface area (Å²) in [5, 5.41) is 6.05. The van der Waals surface area contributed by atoms with Gasteiger partial charge >= 0.3 is 0 Å². The summed E-state index contributed by atoms with van der Waals surface area (Å²) in [6.07, 6.45) is 5.75. The van der Waals surface area contributed by atoms with E-state index in [1.807, 2.05) is 29.9 Å². The maximum atomic E-state index is 6.51. The molecule has 6 nitrogen and oxygen atoms in total. The van der Waals surface area contributed by atoms with E-state index in [4.69, 9.17) is 38.3 Å². The van der Waals surface area contributed by atoms with Crippen LogP contribution in [-0.2, 0) is 0 Å². The van der Waals surface area contributed by atoms with Gasteiger partial charge in [-0.1, -0.05) is 36.2 Å². The molecule has 3 aromatic rings. The second-order valence-electron chi connectivity index (χ2n) is 9.80. The molecule has 4 heterocycles. The van der Waals surface area contributed by atoms with E-state index in [2.05, 4.69) is 30.6 Å². The van der Waals surface area contributed by atoms with Gasteiger partial charge in [0.2, 0.25) is 0 Å². The van der Waals surface area contributed by atoms with Crippen molar-refractivity contribution in [1.82, 2.24) is 24.6 Å². The average Bonchev–Trinajstić information content (AvgIpc) is 3.43. The topological polar surface area (TPSA) is 50.1 Å². The highest BCUT2D eigenvalue weighted by atomic mass is 35.5. The van der Waals surface area contributed by atoms with Crippen molar-refractivity contribution in [1.29, 1.82) is 0 Å². The van der Waals surface area contributed by atoms with Crippen LogP contribution in [0.5, 0.6) is 0 Å². The van der Waals surface area contributed by atoms with Crippen LogP contribution in [0.3, 0.4) is 0 Å². The van der Waals surface area contributed by atoms with E-state index in [0.29, 0.717) is 28.0 Å². The van der Waals surface area contributed by atoms with E-state index >= 15 is 0 Å². The molecule has 0 bridgehead atoms. The van der Waals surface area contributed by atoms with Crippen LogP contribution in [0.4, 0.5) is 5.82 Å². The number of halogens is 2. The van der Waals surface area contributed by atoms with Crippen molar-refractivity contribution < 1.29 is 0 Å². The van der Waals surface area contributed by atoms with Gasteiger partial charge in [0.05, 0.1) is 17.9 Å². The van der Waals surface area contributed by atoms with Gasteiger partial charge in [0, 0.05) is 28.7 Å². The third-order valence-electron chi connectivity index (χ3n) is 7.50. The molecule has 33 heavy (non-hydrogen) atoms. The summed E-state index contributed by atoms with van der Waals surface area (Å²) >= 11 is 12.6. The second kappa shape index (κ2) is 9.05. The molecule has 2 fully saturated rings. The number of piperidine rings is 1. The van der Waals surface area contributed by atoms with Gasteiger partial charge in [-0.2, -0.15) is 5.10 Å². The largest absolute Gasteiger partial charge is 0.352 e. The molecule has 176 valence electrons. The number of fused-ring (bicyclic) bond motifs is 1. The number of nitrogens with zero attached hydrogens (tertiary/aromatic N) is 6. The van der Waals surface area contributed by atoms with Gasteiger partial charge < -0.3 is 4.90 Å². The minimum atomic E-state index is -0.0900. The summed E-state index contributed by atoms with van der Waals surface area (Å²) in [6.45, 7) is 12.3. The zero-order chi connectivity index (χ0) is 23.3. The summed E-state index contributed by atoms with van der Waals surface area (Å²) in [4.78, 5) is 15.0. The van der Waals surface area contributed by atoms with Crippen molar-refractivity contribution in [3.8, 4) is 0 Å². The maximum Gasteiger partial charge on any atom is 0.179 e. The SMILES string of the molecule is Cc1nn(C(C)c2ccc(Cl)cc2Cl)c2nc(N3C[C@@H](C)[C@@H](N4CCCC4)C[C@@H]3C)cnc12. The fourth-order valence-electron chi connectivity index (χ4n) is 5.64. The molecule has 1 unspecified atom stereocenters. The summed E-state index contributed by atoms with van der Waals surface area (Å²) < 4.78 is 1.95. The molecule has 1 aromatic carbocycles. The molecule has 0 saturated carbocycles. The van der Waals surface area contributed by atoms with Crippen LogP contribution in [0.15, 0.2) is 24.4 Å². The zero-order valence-corrected chi connectivity index (χ0v) is 21.3. The summed E-state index contributed by atoms with van der Waals surface area (Å²) in [6, 6.07) is 6.59. The third-order valence-corrected chi connectivity index (χ3v) is 8.06. The highest BCUT2D eigenvalue weighted by molar-refractivity contribution is 6.35. The normalized spacial score (nSPS) is 25.2. The van der Waals surface area contributed by atoms with Crippen LogP contribution >= 0.6 is 23.2 Å². The van der Waals surface area contributed by atoms with Crippen LogP contribution in [0.1, 0.15) is 57.3 Å². The van der Waals surface area contributed by atoms with Gasteiger partial charge in [0.15, 0.2) is 5.65 Å². The van der Waals surface area contributed by atoms with E-state index in [1.54, 1.807) is 6.07 Å². The predicted octanol–water partition coefficient (Wildman–Crippen LogP) is 5.75. The van der Waals surface area contributed by atoms with Crippen LogP contribution in [-0.4, -0.2) is 56.4 Å². The van der Waals surface area contributed by atoms with Gasteiger partial charge in [-0.05, 0) is 76.7 Å². The Morgan fingerprint density at radius 3 is 2.61 bits per heavy atom. The standard InChI is InChI=1S/C25H32Cl2N6/c1-15-14-32(16(2)11-22(15)31-9-5-6-10-31)23-13-28-24-17(3)30-33(25(24)29-23)18(4)20-8-7-19(26)12-21(20)27/h7-8,12-13,15-16,18,22H,5-6,9-11,14H2,1-4H3/t15-,16+,18?,22+/m1/s1. The highest BCUT2D eigenvalue weighted by Gasteiger charge is 2.36. The quantitative estimate of drug-likeness (QED) is 0.469. The first kappa shape index (κ1) is 22.9. The summed E-state index contributed by atoms with van der Waals surface area (Å²) in [5.74, 6) is 1.52. The Morgan fingerprint density at radius 1 is 1.12 bits per heavy atom. The molecule has 0 aliphatic carbocycles. The molecule has 2 aromatic heterocycles. The molecular formula is C25H32Cl2N6. The van der Waals surface area contributed by atoms with Gasteiger partial charge in [0.25, 0.3) is 0 Å². The van der Waals surface area contributed by atoms with Crippen molar-refractivity contribution >= 4 is 40.2 Å². The number of aryl methyl sites for hydroxylation is 1. The Morgan fingerprint density at radius 2 is 1.88 bits per heavy atom. The lowest BCUT2D eigenvalue weighted by atomic mass is 9.88. The molecule has 0 amide bonds. The smallest absolute Gasteiger partial charge is 0.179 e. The van der Waals surface area contributed by atoms with Gasteiger partial charge in [0.1, 0.15) is 11.3 Å². The summed E-state index contributed by atoms with van der Waals surface area (Å²) in [5.41, 5.74) is 3.47. The molecule has 8 heteroatoms. The van der Waals surface area contributed by atoms with Crippen LogP contribution < -0.4 is 4.90 Å². The van der Waals surface area contributed by atoms with E-state index in [0.717, 1.165) is 41.2 Å². The van der Waals surface area contributed by atoms with Gasteiger partial charge in [-0.3, -0.25) is 4.90 Å². The Bertz CT molecular complexity index is 1160. The van der Waals surface area contributed by atoms with E-state index < -0.39 is 0 Å². The lowest BCUT2D eigenvalue weighted by Crippen LogP contribution is -2.53. The molecule has 4 atom stereocenters. The number of benzene rings is 1. The lowest BCUT2D eigenvalue weighted by molar-refractivity contribution is 0.143. The Kier molecular flexibility index (Phi) is 6.27. The summed E-state index contributed by atoms with van der Waals surface area (Å²) in [7, 11) is 0. The average molecular weight is 487 g/mol. The molecule has 2 saturated heterocycles. The Labute approximate surface area is 205 Å². The van der Waals surface area contributed by atoms with Crippen molar-refractivity contribution in [2.75, 3.05) is 24.5 Å². The molecule has 0 spiro atoms. The fraction of sp³-hybridized carbons (Fsp3) is 0.560. The Balaban J connectivity index is 1.47.